The molecule has 1 unspecified atom stereocenters. The molecular weight excluding hydrogens is 268 g/mol. The van der Waals surface area contributed by atoms with Gasteiger partial charge in [0.25, 0.3) is 0 Å². The number of nitrogens with zero attached hydrogens (tertiary/aromatic N) is 2. The largest absolute Gasteiger partial charge is 0.348 e. The molecule has 0 aliphatic carbocycles. The van der Waals surface area contributed by atoms with E-state index < -0.39 is 0 Å². The molecule has 112 valence electrons. The molecule has 0 spiro atoms. The van der Waals surface area contributed by atoms with Gasteiger partial charge in [0.15, 0.2) is 11.4 Å². The van der Waals surface area contributed by atoms with E-state index in [2.05, 4.69) is 32.6 Å². The standard InChI is InChI=1S/C16H26N2OS/c1-5-12-7-6-9-18(10-8-12)15-17-14(16(2,3)4)13(11-19)20-15/h11-12H,5-10H2,1-4H3. The van der Waals surface area contributed by atoms with Gasteiger partial charge in [0, 0.05) is 18.5 Å². The van der Waals surface area contributed by atoms with Gasteiger partial charge in [-0.05, 0) is 25.2 Å². The van der Waals surface area contributed by atoms with Gasteiger partial charge in [-0.25, -0.2) is 4.98 Å². The van der Waals surface area contributed by atoms with Gasteiger partial charge in [0.05, 0.1) is 10.6 Å². The molecular formula is C16H26N2OS. The minimum atomic E-state index is -0.0667. The van der Waals surface area contributed by atoms with Gasteiger partial charge in [-0.1, -0.05) is 45.5 Å². The highest BCUT2D eigenvalue weighted by Gasteiger charge is 2.26. The summed E-state index contributed by atoms with van der Waals surface area (Å²) >= 11 is 1.56. The molecule has 1 aliphatic rings. The first-order valence-corrected chi connectivity index (χ1v) is 8.48. The summed E-state index contributed by atoms with van der Waals surface area (Å²) in [5, 5.41) is 1.04. The molecule has 1 atom stereocenters. The fourth-order valence-corrected chi connectivity index (χ4v) is 3.98. The third-order valence-corrected chi connectivity index (χ3v) is 5.20. The van der Waals surface area contributed by atoms with Crippen molar-refractivity contribution in [3.63, 3.8) is 0 Å². The molecule has 4 heteroatoms. The van der Waals surface area contributed by atoms with Gasteiger partial charge in [-0.15, -0.1) is 0 Å². The number of aromatic nitrogens is 1. The highest BCUT2D eigenvalue weighted by atomic mass is 32.1. The lowest BCUT2D eigenvalue weighted by Crippen LogP contribution is -2.24. The number of aldehydes is 1. The third-order valence-electron chi connectivity index (χ3n) is 4.16. The smallest absolute Gasteiger partial charge is 0.186 e. The maximum absolute atomic E-state index is 11.3. The Morgan fingerprint density at radius 1 is 1.35 bits per heavy atom. The first-order valence-electron chi connectivity index (χ1n) is 7.67. The summed E-state index contributed by atoms with van der Waals surface area (Å²) < 4.78 is 0. The van der Waals surface area contributed by atoms with Gasteiger partial charge < -0.3 is 4.90 Å². The normalized spacial score (nSPS) is 20.8. The maximum Gasteiger partial charge on any atom is 0.186 e. The van der Waals surface area contributed by atoms with Crippen LogP contribution in [0.15, 0.2) is 0 Å². The van der Waals surface area contributed by atoms with Crippen molar-refractivity contribution in [3.8, 4) is 0 Å². The number of rotatable bonds is 3. The number of anilines is 1. The zero-order valence-electron chi connectivity index (χ0n) is 13.1. The predicted molar refractivity (Wildman–Crippen MR) is 86.0 cm³/mol. The Balaban J connectivity index is 2.20. The van der Waals surface area contributed by atoms with E-state index in [9.17, 15) is 4.79 Å². The Kier molecular flexibility index (Phi) is 4.84. The lowest BCUT2D eigenvalue weighted by Gasteiger charge is -2.20. The van der Waals surface area contributed by atoms with E-state index >= 15 is 0 Å². The second kappa shape index (κ2) is 6.25. The van der Waals surface area contributed by atoms with E-state index in [1.165, 1.54) is 25.7 Å². The monoisotopic (exact) mass is 294 g/mol. The highest BCUT2D eigenvalue weighted by Crippen LogP contribution is 2.34. The summed E-state index contributed by atoms with van der Waals surface area (Å²) in [6.45, 7) is 10.8. The molecule has 1 aliphatic heterocycles. The van der Waals surface area contributed by atoms with Crippen molar-refractivity contribution in [2.24, 2.45) is 5.92 Å². The van der Waals surface area contributed by atoms with Crippen LogP contribution in [0.4, 0.5) is 5.13 Å². The Morgan fingerprint density at radius 2 is 2.10 bits per heavy atom. The number of carbonyl (C=O) groups is 1. The van der Waals surface area contributed by atoms with E-state index in [0.717, 1.165) is 41.0 Å². The minimum absolute atomic E-state index is 0.0667. The number of carbonyl (C=O) groups excluding carboxylic acids is 1. The van der Waals surface area contributed by atoms with E-state index in [4.69, 9.17) is 4.98 Å². The van der Waals surface area contributed by atoms with Crippen LogP contribution in [-0.2, 0) is 5.41 Å². The predicted octanol–water partition coefficient (Wildman–Crippen LogP) is 4.27. The van der Waals surface area contributed by atoms with Crippen LogP contribution in [0.3, 0.4) is 0 Å². The fourth-order valence-electron chi connectivity index (χ4n) is 2.84. The average Bonchev–Trinajstić information content (AvgIpc) is 2.70. The molecule has 0 radical (unpaired) electrons. The van der Waals surface area contributed by atoms with Crippen LogP contribution in [0.25, 0.3) is 0 Å². The van der Waals surface area contributed by atoms with E-state index in [1.54, 1.807) is 11.3 Å². The first-order chi connectivity index (χ1) is 9.45. The van der Waals surface area contributed by atoms with Crippen LogP contribution >= 0.6 is 11.3 Å². The van der Waals surface area contributed by atoms with Crippen molar-refractivity contribution < 1.29 is 4.79 Å². The van der Waals surface area contributed by atoms with Gasteiger partial charge in [-0.2, -0.15) is 0 Å². The van der Waals surface area contributed by atoms with Crippen LogP contribution in [0.5, 0.6) is 0 Å². The molecule has 0 saturated carbocycles. The summed E-state index contributed by atoms with van der Waals surface area (Å²) in [6.07, 6.45) is 6.05. The summed E-state index contributed by atoms with van der Waals surface area (Å²) in [6, 6.07) is 0. The molecule has 20 heavy (non-hydrogen) atoms. The fraction of sp³-hybridized carbons (Fsp3) is 0.750. The number of thiazole rings is 1. The average molecular weight is 294 g/mol. The van der Waals surface area contributed by atoms with Crippen LogP contribution in [0.2, 0.25) is 0 Å². The summed E-state index contributed by atoms with van der Waals surface area (Å²) in [4.78, 5) is 19.2. The Morgan fingerprint density at radius 3 is 2.65 bits per heavy atom. The van der Waals surface area contributed by atoms with Gasteiger partial charge in [0.1, 0.15) is 0 Å². The number of hydrogen-bond acceptors (Lipinski definition) is 4. The van der Waals surface area contributed by atoms with Crippen molar-refractivity contribution in [2.45, 2.75) is 58.8 Å². The molecule has 2 heterocycles. The molecule has 1 fully saturated rings. The quantitative estimate of drug-likeness (QED) is 0.781. The lowest BCUT2D eigenvalue weighted by atomic mass is 9.91. The highest BCUT2D eigenvalue weighted by molar-refractivity contribution is 7.17. The zero-order valence-corrected chi connectivity index (χ0v) is 13.9. The topological polar surface area (TPSA) is 33.2 Å². The molecule has 3 nitrogen and oxygen atoms in total. The van der Waals surface area contributed by atoms with E-state index in [-0.39, 0.29) is 5.41 Å². The van der Waals surface area contributed by atoms with Gasteiger partial charge in [0.2, 0.25) is 0 Å². The van der Waals surface area contributed by atoms with Crippen LogP contribution in [0.1, 0.15) is 68.7 Å². The Bertz CT molecular complexity index is 462. The zero-order chi connectivity index (χ0) is 14.8. The van der Waals surface area contributed by atoms with Crippen LogP contribution < -0.4 is 4.90 Å². The van der Waals surface area contributed by atoms with Crippen LogP contribution in [-0.4, -0.2) is 24.4 Å². The van der Waals surface area contributed by atoms with Crippen molar-refractivity contribution in [2.75, 3.05) is 18.0 Å². The minimum Gasteiger partial charge on any atom is -0.348 e. The van der Waals surface area contributed by atoms with E-state index in [1.807, 2.05) is 0 Å². The first kappa shape index (κ1) is 15.5. The molecule has 1 aromatic heterocycles. The summed E-state index contributed by atoms with van der Waals surface area (Å²) in [5.74, 6) is 0.854. The van der Waals surface area contributed by atoms with Gasteiger partial charge >= 0.3 is 0 Å². The molecule has 1 aromatic rings. The molecule has 1 saturated heterocycles. The van der Waals surface area contributed by atoms with Crippen molar-refractivity contribution in [1.29, 1.82) is 0 Å². The number of hydrogen-bond donors (Lipinski definition) is 0. The molecule has 0 aromatic carbocycles. The second-order valence-corrected chi connectivity index (χ2v) is 7.78. The summed E-state index contributed by atoms with van der Waals surface area (Å²) in [5.41, 5.74) is 0.881. The van der Waals surface area contributed by atoms with Crippen molar-refractivity contribution >= 4 is 22.8 Å². The molecule has 0 amide bonds. The lowest BCUT2D eigenvalue weighted by molar-refractivity contribution is 0.112. The van der Waals surface area contributed by atoms with Gasteiger partial charge in [-0.3, -0.25) is 4.79 Å². The molecule has 0 bridgehead atoms. The molecule has 0 N–H and O–H groups in total. The third kappa shape index (κ3) is 3.40. The maximum atomic E-state index is 11.3. The van der Waals surface area contributed by atoms with Crippen LogP contribution in [0, 0.1) is 5.92 Å². The van der Waals surface area contributed by atoms with Crippen molar-refractivity contribution in [1.82, 2.24) is 4.98 Å². The SMILES string of the molecule is CCC1CCCN(c2nc(C(C)(C)C)c(C=O)s2)CC1. The second-order valence-electron chi connectivity index (χ2n) is 6.77. The van der Waals surface area contributed by atoms with E-state index in [0.29, 0.717) is 0 Å². The molecule has 2 rings (SSSR count). The van der Waals surface area contributed by atoms with Crippen molar-refractivity contribution in [3.05, 3.63) is 10.6 Å². The Labute approximate surface area is 126 Å². The summed E-state index contributed by atoms with van der Waals surface area (Å²) in [7, 11) is 0. The Hall–Kier alpha value is -0.900.